The molecule has 2 heterocycles. The lowest BCUT2D eigenvalue weighted by Crippen LogP contribution is -2.44. The van der Waals surface area contributed by atoms with Crippen LogP contribution in [0.5, 0.6) is 0 Å². The van der Waals surface area contributed by atoms with Crippen LogP contribution in [0.1, 0.15) is 49.3 Å². The number of hydrogen-bond donors (Lipinski definition) is 3. The average Bonchev–Trinajstić information content (AvgIpc) is 3.33. The van der Waals surface area contributed by atoms with Gasteiger partial charge in [0.1, 0.15) is 17.1 Å². The fraction of sp³-hybridized carbons (Fsp3) is 0.478. The van der Waals surface area contributed by atoms with Gasteiger partial charge in [-0.3, -0.25) is 4.79 Å². The number of nitrogens with one attached hydrogen (secondary N) is 2. The van der Waals surface area contributed by atoms with Gasteiger partial charge in [0.15, 0.2) is 5.96 Å². The van der Waals surface area contributed by atoms with Crippen molar-refractivity contribution in [1.82, 2.24) is 15.5 Å². The molecule has 1 aliphatic rings. The van der Waals surface area contributed by atoms with Gasteiger partial charge in [-0.2, -0.15) is 0 Å². The van der Waals surface area contributed by atoms with Crippen molar-refractivity contribution in [3.05, 3.63) is 59.0 Å². The lowest BCUT2D eigenvalue weighted by atomic mass is 10.0. The molecule has 1 atom stereocenters. The van der Waals surface area contributed by atoms with Crippen molar-refractivity contribution in [2.75, 3.05) is 19.6 Å². The van der Waals surface area contributed by atoms with Crippen LogP contribution >= 0.6 is 24.0 Å². The molecule has 1 aromatic heterocycles. The molecule has 0 aliphatic carbocycles. The maximum Gasteiger partial charge on any atom is 0.222 e. The van der Waals surface area contributed by atoms with E-state index in [2.05, 4.69) is 21.7 Å². The SMILES string of the molecule is CCNC(=NCc1cccc(CN2CCCC2=O)c1)NCC(C)(O)c1ccc(C)o1.I. The number of amides is 1. The fourth-order valence-electron chi connectivity index (χ4n) is 3.50. The molecule has 0 spiro atoms. The van der Waals surface area contributed by atoms with Crippen molar-refractivity contribution in [2.24, 2.45) is 4.99 Å². The molecule has 170 valence electrons. The predicted molar refractivity (Wildman–Crippen MR) is 132 cm³/mol. The second-order valence-corrected chi connectivity index (χ2v) is 7.97. The Morgan fingerprint density at radius 3 is 2.68 bits per heavy atom. The monoisotopic (exact) mass is 540 g/mol. The largest absolute Gasteiger partial charge is 0.463 e. The molecule has 3 rings (SSSR count). The molecule has 3 N–H and O–H groups in total. The third-order valence-electron chi connectivity index (χ3n) is 5.17. The second-order valence-electron chi connectivity index (χ2n) is 7.97. The van der Waals surface area contributed by atoms with E-state index < -0.39 is 5.60 Å². The average molecular weight is 540 g/mol. The zero-order valence-corrected chi connectivity index (χ0v) is 20.8. The number of guanidine groups is 1. The highest BCUT2D eigenvalue weighted by atomic mass is 127. The minimum absolute atomic E-state index is 0. The van der Waals surface area contributed by atoms with Crippen LogP contribution in [0.4, 0.5) is 0 Å². The number of nitrogens with zero attached hydrogens (tertiary/aromatic N) is 2. The number of aliphatic hydroxyl groups is 1. The molecule has 0 radical (unpaired) electrons. The second kappa shape index (κ2) is 11.5. The van der Waals surface area contributed by atoms with Gasteiger partial charge in [-0.05, 0) is 50.5 Å². The van der Waals surface area contributed by atoms with E-state index in [1.54, 1.807) is 13.0 Å². The van der Waals surface area contributed by atoms with E-state index in [0.717, 1.165) is 29.9 Å². The summed E-state index contributed by atoms with van der Waals surface area (Å²) in [4.78, 5) is 18.4. The number of aryl methyl sites for hydroxylation is 1. The smallest absolute Gasteiger partial charge is 0.222 e. The van der Waals surface area contributed by atoms with E-state index in [4.69, 9.17) is 4.42 Å². The number of furan rings is 1. The minimum Gasteiger partial charge on any atom is -0.463 e. The van der Waals surface area contributed by atoms with Gasteiger partial charge < -0.3 is 25.1 Å². The van der Waals surface area contributed by atoms with E-state index in [-0.39, 0.29) is 36.4 Å². The summed E-state index contributed by atoms with van der Waals surface area (Å²) in [5.41, 5.74) is 1.05. The standard InChI is InChI=1S/C23H32N4O3.HI/c1-4-24-22(26-16-23(3,29)20-11-10-17(2)30-20)25-14-18-7-5-8-19(13-18)15-27-12-6-9-21(27)28;/h5,7-8,10-11,13,29H,4,6,9,12,14-16H2,1-3H3,(H2,24,25,26);1H. The van der Waals surface area contributed by atoms with E-state index in [0.29, 0.717) is 37.8 Å². The Morgan fingerprint density at radius 2 is 2.03 bits per heavy atom. The van der Waals surface area contributed by atoms with Gasteiger partial charge in [0.2, 0.25) is 5.91 Å². The highest BCUT2D eigenvalue weighted by Gasteiger charge is 2.27. The number of carbonyl (C=O) groups excluding carboxylic acids is 1. The highest BCUT2D eigenvalue weighted by molar-refractivity contribution is 14.0. The molecule has 0 bridgehead atoms. The van der Waals surface area contributed by atoms with Crippen LogP contribution in [0.25, 0.3) is 0 Å². The number of hydrogen-bond acceptors (Lipinski definition) is 4. The Balaban J connectivity index is 0.00000341. The molecule has 2 aromatic rings. The molecular weight excluding hydrogens is 507 g/mol. The van der Waals surface area contributed by atoms with Gasteiger partial charge in [0, 0.05) is 26.1 Å². The van der Waals surface area contributed by atoms with E-state index in [9.17, 15) is 9.90 Å². The minimum atomic E-state index is -1.15. The maximum absolute atomic E-state index is 11.9. The lowest BCUT2D eigenvalue weighted by Gasteiger charge is -2.23. The first kappa shape index (κ1) is 25.2. The molecule has 1 aromatic carbocycles. The number of aliphatic imine (C=N–C) groups is 1. The van der Waals surface area contributed by atoms with Crippen LogP contribution in [0.15, 0.2) is 45.8 Å². The van der Waals surface area contributed by atoms with Crippen molar-refractivity contribution in [1.29, 1.82) is 0 Å². The van der Waals surface area contributed by atoms with Gasteiger partial charge in [0.05, 0.1) is 13.1 Å². The maximum atomic E-state index is 11.9. The van der Waals surface area contributed by atoms with Crippen LogP contribution in [0, 0.1) is 6.92 Å². The molecule has 1 aliphatic heterocycles. The number of carbonyl (C=O) groups is 1. The molecular formula is C23H33IN4O3. The van der Waals surface area contributed by atoms with Crippen LogP contribution in [-0.2, 0) is 23.5 Å². The van der Waals surface area contributed by atoms with Gasteiger partial charge in [-0.25, -0.2) is 4.99 Å². The molecule has 31 heavy (non-hydrogen) atoms. The third kappa shape index (κ3) is 7.24. The van der Waals surface area contributed by atoms with Gasteiger partial charge in [-0.1, -0.05) is 24.3 Å². The van der Waals surface area contributed by atoms with Crippen molar-refractivity contribution in [2.45, 2.75) is 52.3 Å². The zero-order valence-electron chi connectivity index (χ0n) is 18.5. The number of benzene rings is 1. The quantitative estimate of drug-likeness (QED) is 0.272. The number of likely N-dealkylation sites (tertiary alicyclic amines) is 1. The summed E-state index contributed by atoms with van der Waals surface area (Å²) in [6, 6.07) is 11.8. The van der Waals surface area contributed by atoms with Crippen molar-refractivity contribution < 1.29 is 14.3 Å². The van der Waals surface area contributed by atoms with Crippen molar-refractivity contribution in [3.8, 4) is 0 Å². The van der Waals surface area contributed by atoms with Crippen LogP contribution in [0.2, 0.25) is 0 Å². The van der Waals surface area contributed by atoms with Gasteiger partial charge in [-0.15, -0.1) is 24.0 Å². The van der Waals surface area contributed by atoms with Gasteiger partial charge in [0.25, 0.3) is 0 Å². The predicted octanol–water partition coefficient (Wildman–Crippen LogP) is 3.29. The first-order valence-corrected chi connectivity index (χ1v) is 10.5. The number of rotatable bonds is 8. The van der Waals surface area contributed by atoms with Crippen molar-refractivity contribution in [3.63, 3.8) is 0 Å². The normalized spacial score (nSPS) is 16.1. The Morgan fingerprint density at radius 1 is 1.26 bits per heavy atom. The summed E-state index contributed by atoms with van der Waals surface area (Å²) in [6.07, 6.45) is 1.60. The summed E-state index contributed by atoms with van der Waals surface area (Å²) in [7, 11) is 0. The summed E-state index contributed by atoms with van der Waals surface area (Å²) in [5, 5.41) is 17.1. The van der Waals surface area contributed by atoms with Crippen LogP contribution < -0.4 is 10.6 Å². The van der Waals surface area contributed by atoms with Crippen LogP contribution in [-0.4, -0.2) is 41.5 Å². The fourth-order valence-corrected chi connectivity index (χ4v) is 3.50. The Labute approximate surface area is 201 Å². The summed E-state index contributed by atoms with van der Waals surface area (Å²) >= 11 is 0. The molecule has 1 fully saturated rings. The highest BCUT2D eigenvalue weighted by Crippen LogP contribution is 2.22. The van der Waals surface area contributed by atoms with Crippen molar-refractivity contribution >= 4 is 35.8 Å². The first-order chi connectivity index (χ1) is 14.4. The molecule has 7 nitrogen and oxygen atoms in total. The van der Waals surface area contributed by atoms with E-state index >= 15 is 0 Å². The zero-order chi connectivity index (χ0) is 21.6. The van der Waals surface area contributed by atoms with E-state index in [1.807, 2.05) is 43.0 Å². The summed E-state index contributed by atoms with van der Waals surface area (Å²) < 4.78 is 5.57. The molecule has 1 saturated heterocycles. The van der Waals surface area contributed by atoms with Crippen LogP contribution in [0.3, 0.4) is 0 Å². The third-order valence-corrected chi connectivity index (χ3v) is 5.17. The lowest BCUT2D eigenvalue weighted by molar-refractivity contribution is -0.128. The number of halogens is 1. The first-order valence-electron chi connectivity index (χ1n) is 10.5. The topological polar surface area (TPSA) is 90.1 Å². The molecule has 0 saturated carbocycles. The van der Waals surface area contributed by atoms with E-state index in [1.165, 1.54) is 0 Å². The Kier molecular flexibility index (Phi) is 9.36. The van der Waals surface area contributed by atoms with Gasteiger partial charge >= 0.3 is 0 Å². The summed E-state index contributed by atoms with van der Waals surface area (Å²) in [6.45, 7) is 8.54. The Hall–Kier alpha value is -2.07. The molecule has 1 unspecified atom stereocenters. The molecule has 8 heteroatoms. The Bertz CT molecular complexity index is 894. The summed E-state index contributed by atoms with van der Waals surface area (Å²) in [5.74, 6) is 2.14. The molecule has 1 amide bonds.